The quantitative estimate of drug-likeness (QED) is 0.547. The topological polar surface area (TPSA) is 58.6 Å². The van der Waals surface area contributed by atoms with Crippen molar-refractivity contribution in [3.05, 3.63) is 0 Å². The zero-order chi connectivity index (χ0) is 18.7. The van der Waals surface area contributed by atoms with Gasteiger partial charge in [0.15, 0.2) is 0 Å². The molecule has 1 amide bonds. The molecule has 0 radical (unpaired) electrons. The normalized spacial score (nSPS) is 16.6. The first kappa shape index (κ1) is 22.1. The van der Waals surface area contributed by atoms with E-state index in [9.17, 15) is 9.59 Å². The molecular formula is C20H38N2O3. The Morgan fingerprint density at radius 2 is 1.68 bits per heavy atom. The predicted molar refractivity (Wildman–Crippen MR) is 102 cm³/mol. The molecule has 5 heteroatoms. The van der Waals surface area contributed by atoms with Gasteiger partial charge < -0.3 is 15.0 Å². The number of nitrogens with one attached hydrogen (secondary N) is 1. The summed E-state index contributed by atoms with van der Waals surface area (Å²) in [4.78, 5) is 26.0. The Hall–Kier alpha value is -0.940. The van der Waals surface area contributed by atoms with Crippen molar-refractivity contribution in [2.24, 2.45) is 11.8 Å². The van der Waals surface area contributed by atoms with Gasteiger partial charge in [0.2, 0.25) is 5.91 Å². The lowest BCUT2D eigenvalue weighted by atomic mass is 9.87. The predicted octanol–water partition coefficient (Wildman–Crippen LogP) is 3.03. The SMILES string of the molecule is CC(C)OCC(=O)NCCCCCCN1CCC(C(=O)C(C)C)CC1. The summed E-state index contributed by atoms with van der Waals surface area (Å²) in [5, 5.41) is 2.90. The molecule has 1 aliphatic heterocycles. The Balaban J connectivity index is 1.96. The van der Waals surface area contributed by atoms with Crippen LogP contribution in [0.5, 0.6) is 0 Å². The van der Waals surface area contributed by atoms with Crippen molar-refractivity contribution in [3.63, 3.8) is 0 Å². The molecule has 0 spiro atoms. The van der Waals surface area contributed by atoms with Gasteiger partial charge in [-0.15, -0.1) is 0 Å². The van der Waals surface area contributed by atoms with E-state index in [0.29, 0.717) is 11.7 Å². The fourth-order valence-electron chi connectivity index (χ4n) is 3.25. The number of amides is 1. The molecular weight excluding hydrogens is 316 g/mol. The third-order valence-electron chi connectivity index (χ3n) is 4.83. The molecule has 25 heavy (non-hydrogen) atoms. The highest BCUT2D eigenvalue weighted by atomic mass is 16.5. The van der Waals surface area contributed by atoms with Gasteiger partial charge in [0, 0.05) is 18.4 Å². The molecule has 1 heterocycles. The van der Waals surface area contributed by atoms with Gasteiger partial charge in [0.25, 0.3) is 0 Å². The third kappa shape index (κ3) is 9.95. The number of unbranched alkanes of at least 4 members (excludes halogenated alkanes) is 3. The van der Waals surface area contributed by atoms with Gasteiger partial charge in [-0.3, -0.25) is 9.59 Å². The Bertz CT molecular complexity index is 388. The van der Waals surface area contributed by atoms with E-state index in [-0.39, 0.29) is 24.5 Å². The summed E-state index contributed by atoms with van der Waals surface area (Å²) >= 11 is 0. The monoisotopic (exact) mass is 354 g/mol. The minimum Gasteiger partial charge on any atom is -0.369 e. The second-order valence-electron chi connectivity index (χ2n) is 7.80. The average molecular weight is 355 g/mol. The van der Waals surface area contributed by atoms with Crippen molar-refractivity contribution in [1.29, 1.82) is 0 Å². The van der Waals surface area contributed by atoms with E-state index in [1.165, 1.54) is 12.8 Å². The molecule has 1 fully saturated rings. The number of carbonyl (C=O) groups is 2. The Morgan fingerprint density at radius 3 is 2.28 bits per heavy atom. The summed E-state index contributed by atoms with van der Waals surface area (Å²) in [6.07, 6.45) is 6.73. The van der Waals surface area contributed by atoms with Crippen molar-refractivity contribution in [2.75, 3.05) is 32.8 Å². The molecule has 1 saturated heterocycles. The maximum absolute atomic E-state index is 12.0. The number of rotatable bonds is 12. The fourth-order valence-corrected chi connectivity index (χ4v) is 3.25. The average Bonchev–Trinajstić information content (AvgIpc) is 2.58. The van der Waals surface area contributed by atoms with Crippen molar-refractivity contribution < 1.29 is 14.3 Å². The minimum absolute atomic E-state index is 0.0208. The number of ether oxygens (including phenoxy) is 1. The van der Waals surface area contributed by atoms with Crippen LogP contribution in [0.15, 0.2) is 0 Å². The maximum atomic E-state index is 12.0. The number of hydrogen-bond donors (Lipinski definition) is 1. The van der Waals surface area contributed by atoms with E-state index in [0.717, 1.165) is 51.9 Å². The molecule has 1 N–H and O–H groups in total. The van der Waals surface area contributed by atoms with Crippen LogP contribution in [0.25, 0.3) is 0 Å². The summed E-state index contributed by atoms with van der Waals surface area (Å²) in [7, 11) is 0. The molecule has 146 valence electrons. The summed E-state index contributed by atoms with van der Waals surface area (Å²) < 4.78 is 5.26. The third-order valence-corrected chi connectivity index (χ3v) is 4.83. The molecule has 0 bridgehead atoms. The van der Waals surface area contributed by atoms with Gasteiger partial charge in [-0.1, -0.05) is 26.7 Å². The van der Waals surface area contributed by atoms with E-state index in [2.05, 4.69) is 10.2 Å². The molecule has 0 atom stereocenters. The molecule has 0 aromatic carbocycles. The number of hydrogen-bond acceptors (Lipinski definition) is 4. The zero-order valence-electron chi connectivity index (χ0n) is 16.7. The Kier molecular flexibility index (Phi) is 11.0. The van der Waals surface area contributed by atoms with Crippen LogP contribution in [0.2, 0.25) is 0 Å². The van der Waals surface area contributed by atoms with Crippen LogP contribution < -0.4 is 5.32 Å². The van der Waals surface area contributed by atoms with Crippen molar-refractivity contribution >= 4 is 11.7 Å². The Labute approximate surface area is 153 Å². The van der Waals surface area contributed by atoms with Gasteiger partial charge >= 0.3 is 0 Å². The van der Waals surface area contributed by atoms with Crippen LogP contribution in [0.1, 0.15) is 66.2 Å². The number of piperidine rings is 1. The van der Waals surface area contributed by atoms with Gasteiger partial charge in [0.05, 0.1) is 6.10 Å². The van der Waals surface area contributed by atoms with Crippen molar-refractivity contribution in [2.45, 2.75) is 72.3 Å². The van der Waals surface area contributed by atoms with Crippen LogP contribution in [0, 0.1) is 11.8 Å². The molecule has 1 aliphatic rings. The number of likely N-dealkylation sites (tertiary alicyclic amines) is 1. The van der Waals surface area contributed by atoms with Gasteiger partial charge in [-0.2, -0.15) is 0 Å². The molecule has 0 saturated carbocycles. The standard InChI is InChI=1S/C20H38N2O3/c1-16(2)20(24)18-9-13-22(14-10-18)12-8-6-5-7-11-21-19(23)15-25-17(3)4/h16-18H,5-15H2,1-4H3,(H,21,23). The smallest absolute Gasteiger partial charge is 0.246 e. The molecule has 0 unspecified atom stereocenters. The van der Waals surface area contributed by atoms with Gasteiger partial charge in [-0.25, -0.2) is 0 Å². The van der Waals surface area contributed by atoms with E-state index < -0.39 is 0 Å². The second-order valence-corrected chi connectivity index (χ2v) is 7.80. The van der Waals surface area contributed by atoms with Gasteiger partial charge in [-0.05, 0) is 59.2 Å². The first-order valence-corrected chi connectivity index (χ1v) is 10.0. The lowest BCUT2D eigenvalue weighted by Crippen LogP contribution is -2.37. The summed E-state index contributed by atoms with van der Waals surface area (Å²) in [6, 6.07) is 0. The largest absolute Gasteiger partial charge is 0.369 e. The number of nitrogens with zero attached hydrogens (tertiary/aromatic N) is 1. The van der Waals surface area contributed by atoms with Crippen LogP contribution in [0.4, 0.5) is 0 Å². The first-order chi connectivity index (χ1) is 11.9. The van der Waals surface area contributed by atoms with Crippen LogP contribution in [0.3, 0.4) is 0 Å². The summed E-state index contributed by atoms with van der Waals surface area (Å²) in [5.41, 5.74) is 0. The molecule has 1 rings (SSSR count). The number of ketones is 1. The molecule has 0 aromatic heterocycles. The van der Waals surface area contributed by atoms with E-state index in [1.54, 1.807) is 0 Å². The lowest BCUT2D eigenvalue weighted by molar-refractivity contribution is -0.127. The van der Waals surface area contributed by atoms with Crippen LogP contribution >= 0.6 is 0 Å². The number of Topliss-reactive ketones (excluding diaryl/α,β-unsaturated/α-hetero) is 1. The van der Waals surface area contributed by atoms with Gasteiger partial charge in [0.1, 0.15) is 12.4 Å². The molecule has 0 aliphatic carbocycles. The van der Waals surface area contributed by atoms with E-state index in [4.69, 9.17) is 4.74 Å². The number of carbonyl (C=O) groups excluding carboxylic acids is 2. The second kappa shape index (κ2) is 12.4. The van der Waals surface area contributed by atoms with Crippen LogP contribution in [-0.2, 0) is 14.3 Å². The summed E-state index contributed by atoms with van der Waals surface area (Å²) in [6.45, 7) is 12.0. The molecule has 5 nitrogen and oxygen atoms in total. The lowest BCUT2D eigenvalue weighted by Gasteiger charge is -2.31. The molecule has 0 aromatic rings. The van der Waals surface area contributed by atoms with E-state index >= 15 is 0 Å². The summed E-state index contributed by atoms with van der Waals surface area (Å²) in [5.74, 6) is 0.890. The highest BCUT2D eigenvalue weighted by Crippen LogP contribution is 2.21. The van der Waals surface area contributed by atoms with E-state index in [1.807, 2.05) is 27.7 Å². The highest BCUT2D eigenvalue weighted by Gasteiger charge is 2.25. The van der Waals surface area contributed by atoms with Crippen molar-refractivity contribution in [3.8, 4) is 0 Å². The maximum Gasteiger partial charge on any atom is 0.246 e. The first-order valence-electron chi connectivity index (χ1n) is 10.0. The van der Waals surface area contributed by atoms with Crippen molar-refractivity contribution in [1.82, 2.24) is 10.2 Å². The fraction of sp³-hybridized carbons (Fsp3) is 0.900. The van der Waals surface area contributed by atoms with Crippen LogP contribution in [-0.4, -0.2) is 55.5 Å². The minimum atomic E-state index is -0.0208. The highest BCUT2D eigenvalue weighted by molar-refractivity contribution is 5.82. The zero-order valence-corrected chi connectivity index (χ0v) is 16.7. The Morgan fingerprint density at radius 1 is 1.04 bits per heavy atom.